The third-order valence-corrected chi connectivity index (χ3v) is 11.8. The second kappa shape index (κ2) is 18.9. The van der Waals surface area contributed by atoms with Crippen LogP contribution >= 0.6 is 24.8 Å². The number of unbranched alkanes of at least 4 members (excludes halogenated alkanes) is 2. The van der Waals surface area contributed by atoms with E-state index in [2.05, 4.69) is 49.3 Å². The van der Waals surface area contributed by atoms with Gasteiger partial charge in [0.05, 0.1) is 41.5 Å². The van der Waals surface area contributed by atoms with E-state index in [4.69, 9.17) is 28.4 Å². The van der Waals surface area contributed by atoms with Crippen LogP contribution in [0.15, 0.2) is 60.7 Å². The van der Waals surface area contributed by atoms with Crippen molar-refractivity contribution >= 4 is 36.8 Å². The first-order valence-electron chi connectivity index (χ1n) is 19.5. The molecule has 0 amide bonds. The molecule has 4 aromatic carbocycles. The number of hydrogen-bond acceptors (Lipinski definition) is 10. The first kappa shape index (κ1) is 44.4. The van der Waals surface area contributed by atoms with Gasteiger partial charge in [0, 0.05) is 49.4 Å². The summed E-state index contributed by atoms with van der Waals surface area (Å²) in [5.74, 6) is 2.62. The first-order chi connectivity index (χ1) is 27.0. The maximum absolute atomic E-state index is 12.7. The number of likely N-dealkylation sites (N-methyl/N-ethyl adjacent to an activating group) is 2. The van der Waals surface area contributed by atoms with Crippen molar-refractivity contribution in [1.29, 1.82) is 0 Å². The Labute approximate surface area is 353 Å². The molecule has 11 nitrogen and oxygen atoms in total. The number of carboxylic acid groups (broad SMARTS) is 1. The average Bonchev–Trinajstić information content (AvgIpc) is 3.17. The SMILES string of the molecule is COc1ccc2cc1Oc1ccc(cc1)CC1c3cc(c(OC)cc3CC[N+]1(C)CCCCCC(=O)[O-])Oc1c(OC(C)=O)c(OC)cc3c1C(C2)N(C)CC3.Cl.Cl. The maximum Gasteiger partial charge on any atom is 0.308 e. The highest BCUT2D eigenvalue weighted by Crippen LogP contribution is 2.52. The van der Waals surface area contributed by atoms with Crippen molar-refractivity contribution in [3.05, 3.63) is 94.0 Å². The van der Waals surface area contributed by atoms with Crippen LogP contribution in [-0.4, -0.2) is 76.4 Å². The number of benzene rings is 4. The number of methoxy groups -OCH3 is 3. The number of fused-ring (bicyclic) bond motifs is 2. The molecule has 13 heteroatoms. The molecule has 0 aliphatic carbocycles. The predicted molar refractivity (Wildman–Crippen MR) is 224 cm³/mol. The molecule has 312 valence electrons. The molecule has 0 spiro atoms. The smallest absolute Gasteiger partial charge is 0.308 e. The number of nitrogens with zero attached hydrogens (tertiary/aromatic N) is 2. The Hall–Kier alpha value is -4.68. The van der Waals surface area contributed by atoms with Crippen molar-refractivity contribution in [2.24, 2.45) is 0 Å². The summed E-state index contributed by atoms with van der Waals surface area (Å²) in [4.78, 5) is 26.2. The van der Waals surface area contributed by atoms with Gasteiger partial charge in [0.25, 0.3) is 0 Å². The zero-order valence-electron chi connectivity index (χ0n) is 34.1. The van der Waals surface area contributed by atoms with Crippen LogP contribution in [0.1, 0.15) is 78.1 Å². The van der Waals surface area contributed by atoms with Crippen molar-refractivity contribution in [1.82, 2.24) is 4.90 Å². The van der Waals surface area contributed by atoms with E-state index < -0.39 is 11.9 Å². The lowest BCUT2D eigenvalue weighted by Crippen LogP contribution is -2.52. The molecule has 4 heterocycles. The van der Waals surface area contributed by atoms with Crippen LogP contribution in [0.2, 0.25) is 0 Å². The lowest BCUT2D eigenvalue weighted by molar-refractivity contribution is -0.941. The molecule has 0 radical (unpaired) electrons. The van der Waals surface area contributed by atoms with Gasteiger partial charge in [0.1, 0.15) is 11.8 Å². The van der Waals surface area contributed by atoms with Gasteiger partial charge in [-0.2, -0.15) is 0 Å². The van der Waals surface area contributed by atoms with Gasteiger partial charge in [-0.25, -0.2) is 0 Å². The summed E-state index contributed by atoms with van der Waals surface area (Å²) in [6.07, 6.45) is 5.29. The summed E-state index contributed by atoms with van der Waals surface area (Å²) in [6.45, 7) is 3.97. The molecule has 3 atom stereocenters. The van der Waals surface area contributed by atoms with Gasteiger partial charge < -0.3 is 42.8 Å². The molecule has 3 unspecified atom stereocenters. The highest BCUT2D eigenvalue weighted by molar-refractivity contribution is 5.85. The monoisotopic (exact) mass is 836 g/mol. The van der Waals surface area contributed by atoms with Crippen LogP contribution in [0.3, 0.4) is 0 Å². The summed E-state index contributed by atoms with van der Waals surface area (Å²) in [6, 6.07) is 20.4. The lowest BCUT2D eigenvalue weighted by Gasteiger charge is -2.46. The number of carbonyl (C=O) groups is 2. The molecule has 0 fully saturated rings. The van der Waals surface area contributed by atoms with Crippen LogP contribution in [-0.2, 0) is 35.3 Å². The van der Waals surface area contributed by atoms with Crippen molar-refractivity contribution < 1.29 is 47.6 Å². The molecular weight excluding hydrogens is 783 g/mol. The molecule has 4 aromatic rings. The van der Waals surface area contributed by atoms with E-state index in [-0.39, 0.29) is 49.1 Å². The summed E-state index contributed by atoms with van der Waals surface area (Å²) >= 11 is 0. The van der Waals surface area contributed by atoms with Gasteiger partial charge >= 0.3 is 5.97 Å². The van der Waals surface area contributed by atoms with E-state index in [9.17, 15) is 14.7 Å². The number of aliphatic carboxylic acids is 1. The zero-order valence-corrected chi connectivity index (χ0v) is 35.7. The van der Waals surface area contributed by atoms with Crippen molar-refractivity contribution in [2.75, 3.05) is 55.1 Å². The molecule has 0 N–H and O–H groups in total. The standard InChI is InChI=1S/C45H52N2O9.2ClH/c1-28(48)54-44-41(53-6)26-32-17-19-46(2)35-22-30-13-16-37(51-4)39(24-30)55-33-14-11-29(12-15-33)23-36-34-27-40(56-45(44)43(32)35)38(52-5)25-31(34)18-21-47(36,3)20-9-7-8-10-42(49)50;;/h11-16,24-27,35-36H,7-10,17-23H2,1-6H3;2*1H. The Bertz CT molecular complexity index is 2110. The summed E-state index contributed by atoms with van der Waals surface area (Å²) < 4.78 is 38.0. The van der Waals surface area contributed by atoms with Crippen LogP contribution in [0.4, 0.5) is 0 Å². The van der Waals surface area contributed by atoms with Crippen molar-refractivity contribution in [3.63, 3.8) is 0 Å². The van der Waals surface area contributed by atoms with Gasteiger partial charge in [-0.3, -0.25) is 9.69 Å². The minimum Gasteiger partial charge on any atom is -0.550 e. The van der Waals surface area contributed by atoms with E-state index >= 15 is 0 Å². The van der Waals surface area contributed by atoms with Crippen LogP contribution in [0, 0.1) is 0 Å². The zero-order chi connectivity index (χ0) is 39.6. The average molecular weight is 838 g/mol. The van der Waals surface area contributed by atoms with Gasteiger partial charge in [-0.05, 0) is 110 Å². The largest absolute Gasteiger partial charge is 0.550 e. The molecule has 6 bridgehead atoms. The van der Waals surface area contributed by atoms with Gasteiger partial charge in [-0.1, -0.05) is 18.2 Å². The Morgan fingerprint density at radius 2 is 1.50 bits per heavy atom. The number of carboxylic acids is 1. The third-order valence-electron chi connectivity index (χ3n) is 11.8. The van der Waals surface area contributed by atoms with E-state index in [1.54, 1.807) is 21.3 Å². The summed E-state index contributed by atoms with van der Waals surface area (Å²) in [5, 5.41) is 11.1. The summed E-state index contributed by atoms with van der Waals surface area (Å²) in [5.41, 5.74) is 6.50. The molecule has 58 heavy (non-hydrogen) atoms. The number of esters is 1. The second-order valence-electron chi connectivity index (χ2n) is 15.5. The topological polar surface area (TPSA) is 116 Å². The number of carbonyl (C=O) groups excluding carboxylic acids is 2. The highest BCUT2D eigenvalue weighted by Gasteiger charge is 2.41. The normalized spacial score (nSPS) is 19.3. The predicted octanol–water partition coefficient (Wildman–Crippen LogP) is 7.75. The number of quaternary nitrogens is 1. The fourth-order valence-electron chi connectivity index (χ4n) is 8.75. The number of ether oxygens (including phenoxy) is 6. The summed E-state index contributed by atoms with van der Waals surface area (Å²) in [7, 11) is 9.26. The molecule has 4 aliphatic heterocycles. The number of hydrogen-bond donors (Lipinski definition) is 0. The minimum atomic E-state index is -1.01. The van der Waals surface area contributed by atoms with Gasteiger partial charge in [0.2, 0.25) is 5.75 Å². The fourth-order valence-corrected chi connectivity index (χ4v) is 8.75. The second-order valence-corrected chi connectivity index (χ2v) is 15.5. The Kier molecular flexibility index (Phi) is 14.5. The molecule has 0 saturated heterocycles. The third kappa shape index (κ3) is 9.28. The Balaban J connectivity index is 0.00000320. The Morgan fingerprint density at radius 1 is 0.810 bits per heavy atom. The molecule has 0 saturated carbocycles. The van der Waals surface area contributed by atoms with E-state index in [1.807, 2.05) is 30.3 Å². The van der Waals surface area contributed by atoms with Crippen LogP contribution < -0.4 is 33.5 Å². The van der Waals surface area contributed by atoms with E-state index in [0.29, 0.717) is 53.1 Å². The van der Waals surface area contributed by atoms with E-state index in [0.717, 1.165) is 84.0 Å². The van der Waals surface area contributed by atoms with Crippen molar-refractivity contribution in [2.45, 2.75) is 70.4 Å². The van der Waals surface area contributed by atoms with Gasteiger partial charge in [0.15, 0.2) is 34.5 Å². The Morgan fingerprint density at radius 3 is 2.19 bits per heavy atom. The van der Waals surface area contributed by atoms with E-state index in [1.165, 1.54) is 12.5 Å². The first-order valence-corrected chi connectivity index (χ1v) is 19.5. The molecular formula is C45H54Cl2N2O9. The molecule has 4 aliphatic rings. The van der Waals surface area contributed by atoms with Crippen LogP contribution in [0.25, 0.3) is 0 Å². The highest BCUT2D eigenvalue weighted by atomic mass is 35.5. The number of rotatable bonds is 10. The molecule has 8 rings (SSSR count). The molecule has 0 aromatic heterocycles. The van der Waals surface area contributed by atoms with Crippen LogP contribution in [0.5, 0.6) is 46.0 Å². The lowest BCUT2D eigenvalue weighted by atomic mass is 9.85. The number of halogens is 2. The minimum absolute atomic E-state index is 0. The fraction of sp³-hybridized carbons (Fsp3) is 0.422. The maximum atomic E-state index is 12.7. The van der Waals surface area contributed by atoms with Crippen molar-refractivity contribution in [3.8, 4) is 46.0 Å². The quantitative estimate of drug-likeness (QED) is 0.0680. The van der Waals surface area contributed by atoms with Gasteiger partial charge in [-0.15, -0.1) is 24.8 Å².